The van der Waals surface area contributed by atoms with Crippen molar-refractivity contribution in [3.05, 3.63) is 95.3 Å². The van der Waals surface area contributed by atoms with Gasteiger partial charge in [0.2, 0.25) is 0 Å². The van der Waals surface area contributed by atoms with E-state index in [2.05, 4.69) is 39.9 Å². The second kappa shape index (κ2) is 9.89. The summed E-state index contributed by atoms with van der Waals surface area (Å²) in [4.78, 5) is 30.9. The molecule has 1 aliphatic heterocycles. The predicted molar refractivity (Wildman–Crippen MR) is 121 cm³/mol. The summed E-state index contributed by atoms with van der Waals surface area (Å²) < 4.78 is 0. The van der Waals surface area contributed by atoms with Crippen LogP contribution in [0, 0.1) is 0 Å². The fraction of sp³-hybridized carbons (Fsp3) is 0.240. The van der Waals surface area contributed by atoms with E-state index in [0.29, 0.717) is 31.0 Å². The molecule has 1 aromatic heterocycles. The van der Waals surface area contributed by atoms with Crippen LogP contribution in [0.1, 0.15) is 33.6 Å². The van der Waals surface area contributed by atoms with E-state index in [1.165, 1.54) is 22.9 Å². The number of nitrogens with one attached hydrogen (secondary N) is 2. The molecule has 3 aromatic rings. The van der Waals surface area contributed by atoms with Gasteiger partial charge in [0.25, 0.3) is 5.91 Å². The molecule has 158 valence electrons. The zero-order chi connectivity index (χ0) is 21.5. The molecule has 0 saturated carbocycles. The molecule has 0 radical (unpaired) electrons. The highest BCUT2D eigenvalue weighted by molar-refractivity contribution is 5.93. The number of anilines is 1. The van der Waals surface area contributed by atoms with Crippen molar-refractivity contribution >= 4 is 17.6 Å². The molecule has 6 nitrogen and oxygen atoms in total. The number of urea groups is 1. The number of amides is 3. The van der Waals surface area contributed by atoms with Gasteiger partial charge >= 0.3 is 6.03 Å². The van der Waals surface area contributed by atoms with Crippen molar-refractivity contribution < 1.29 is 9.59 Å². The van der Waals surface area contributed by atoms with Crippen LogP contribution in [0.25, 0.3) is 0 Å². The Labute approximate surface area is 182 Å². The van der Waals surface area contributed by atoms with E-state index in [1.807, 2.05) is 30.3 Å². The minimum Gasteiger partial charge on any atom is -0.351 e. The van der Waals surface area contributed by atoms with Gasteiger partial charge in [-0.1, -0.05) is 54.6 Å². The third kappa shape index (κ3) is 5.48. The molecule has 0 spiro atoms. The molecular weight excluding hydrogens is 388 g/mol. The van der Waals surface area contributed by atoms with Gasteiger partial charge in [0.15, 0.2) is 0 Å². The van der Waals surface area contributed by atoms with E-state index in [9.17, 15) is 9.59 Å². The van der Waals surface area contributed by atoms with Gasteiger partial charge in [-0.3, -0.25) is 4.79 Å². The molecule has 0 aliphatic carbocycles. The topological polar surface area (TPSA) is 74.3 Å². The summed E-state index contributed by atoms with van der Waals surface area (Å²) >= 11 is 0. The normalized spacial score (nSPS) is 12.7. The van der Waals surface area contributed by atoms with E-state index in [-0.39, 0.29) is 11.9 Å². The number of carbonyl (C=O) groups excluding carboxylic acids is 2. The Bertz CT molecular complexity index is 1030. The van der Waals surface area contributed by atoms with Gasteiger partial charge in [0, 0.05) is 19.6 Å². The summed E-state index contributed by atoms with van der Waals surface area (Å²) in [7, 11) is 0. The molecule has 0 saturated heterocycles. The van der Waals surface area contributed by atoms with E-state index in [0.717, 1.165) is 19.3 Å². The van der Waals surface area contributed by atoms with Gasteiger partial charge in [0.1, 0.15) is 5.69 Å². The van der Waals surface area contributed by atoms with Crippen LogP contribution in [0.3, 0.4) is 0 Å². The maximum atomic E-state index is 12.6. The first-order valence-electron chi connectivity index (χ1n) is 10.6. The molecule has 3 amide bonds. The largest absolute Gasteiger partial charge is 0.351 e. The number of carbonyl (C=O) groups is 2. The highest BCUT2D eigenvalue weighted by Crippen LogP contribution is 2.19. The van der Waals surface area contributed by atoms with Crippen molar-refractivity contribution in [3.63, 3.8) is 0 Å². The smallest absolute Gasteiger partial charge is 0.322 e. The quantitative estimate of drug-likeness (QED) is 0.598. The maximum Gasteiger partial charge on any atom is 0.322 e. The van der Waals surface area contributed by atoms with Gasteiger partial charge in [-0.05, 0) is 48.1 Å². The number of rotatable bonds is 6. The Hall–Kier alpha value is -3.67. The minimum absolute atomic E-state index is 0.158. The zero-order valence-corrected chi connectivity index (χ0v) is 17.4. The van der Waals surface area contributed by atoms with Gasteiger partial charge in [-0.25, -0.2) is 9.78 Å². The van der Waals surface area contributed by atoms with Crippen LogP contribution in [0.5, 0.6) is 0 Å². The van der Waals surface area contributed by atoms with Crippen molar-refractivity contribution in [2.45, 2.75) is 25.8 Å². The average Bonchev–Trinajstić information content (AvgIpc) is 2.82. The summed E-state index contributed by atoms with van der Waals surface area (Å²) in [6.07, 6.45) is 4.16. The molecule has 0 fully saturated rings. The number of pyridine rings is 1. The second-order valence-electron chi connectivity index (χ2n) is 7.65. The first-order chi connectivity index (χ1) is 15.2. The maximum absolute atomic E-state index is 12.6. The van der Waals surface area contributed by atoms with Crippen molar-refractivity contribution in [2.75, 3.05) is 18.4 Å². The summed E-state index contributed by atoms with van der Waals surface area (Å²) in [5.41, 5.74) is 4.65. The molecule has 2 heterocycles. The molecule has 0 bridgehead atoms. The Morgan fingerprint density at radius 2 is 1.71 bits per heavy atom. The van der Waals surface area contributed by atoms with Crippen LogP contribution in [0.15, 0.2) is 72.9 Å². The summed E-state index contributed by atoms with van der Waals surface area (Å²) in [6.45, 7) is 1.86. The van der Waals surface area contributed by atoms with Gasteiger partial charge in [0.05, 0.1) is 11.9 Å². The molecule has 31 heavy (non-hydrogen) atoms. The highest BCUT2D eigenvalue weighted by Gasteiger charge is 2.20. The van der Waals surface area contributed by atoms with E-state index < -0.39 is 0 Å². The molecule has 1 aliphatic rings. The van der Waals surface area contributed by atoms with Crippen molar-refractivity contribution in [2.24, 2.45) is 0 Å². The lowest BCUT2D eigenvalue weighted by molar-refractivity contribution is 0.0948. The standard InChI is InChI=1S/C25H26N4O2/c30-24(26-15-6-9-19-7-2-1-3-8-19)23-13-12-22(17-27-23)28-25(31)29-16-14-20-10-4-5-11-21(20)18-29/h1-5,7-8,10-13,17H,6,9,14-16,18H2,(H,26,30)(H,28,31). The predicted octanol–water partition coefficient (Wildman–Crippen LogP) is 4.03. The van der Waals surface area contributed by atoms with Crippen LogP contribution in [-0.4, -0.2) is 34.9 Å². The molecule has 0 unspecified atom stereocenters. The number of aryl methyl sites for hydroxylation is 1. The van der Waals surface area contributed by atoms with Crippen LogP contribution >= 0.6 is 0 Å². The van der Waals surface area contributed by atoms with Crippen molar-refractivity contribution in [1.29, 1.82) is 0 Å². The lowest BCUT2D eigenvalue weighted by Gasteiger charge is -2.28. The third-order valence-electron chi connectivity index (χ3n) is 5.44. The zero-order valence-electron chi connectivity index (χ0n) is 17.4. The second-order valence-corrected chi connectivity index (χ2v) is 7.65. The first kappa shape index (κ1) is 20.6. The molecule has 6 heteroatoms. The van der Waals surface area contributed by atoms with Gasteiger partial charge < -0.3 is 15.5 Å². The van der Waals surface area contributed by atoms with Crippen LogP contribution in [0.4, 0.5) is 10.5 Å². The Balaban J connectivity index is 1.24. The summed E-state index contributed by atoms with van der Waals surface area (Å²) in [5, 5.41) is 5.77. The van der Waals surface area contributed by atoms with Crippen LogP contribution in [0.2, 0.25) is 0 Å². The van der Waals surface area contributed by atoms with Crippen LogP contribution < -0.4 is 10.6 Å². The summed E-state index contributed by atoms with van der Waals surface area (Å²) in [5.74, 6) is -0.210. The molecular formula is C25H26N4O2. The Kier molecular flexibility index (Phi) is 6.57. The fourth-order valence-electron chi connectivity index (χ4n) is 3.70. The van der Waals surface area contributed by atoms with E-state index in [1.54, 1.807) is 17.0 Å². The van der Waals surface area contributed by atoms with Gasteiger partial charge in [-0.2, -0.15) is 0 Å². The van der Waals surface area contributed by atoms with Crippen molar-refractivity contribution in [3.8, 4) is 0 Å². The number of hydrogen-bond donors (Lipinski definition) is 2. The Morgan fingerprint density at radius 1 is 0.935 bits per heavy atom. The molecule has 2 aromatic carbocycles. The number of nitrogens with zero attached hydrogens (tertiary/aromatic N) is 2. The van der Waals surface area contributed by atoms with E-state index >= 15 is 0 Å². The minimum atomic E-state index is -0.210. The Morgan fingerprint density at radius 3 is 2.48 bits per heavy atom. The molecule has 0 atom stereocenters. The number of fused-ring (bicyclic) bond motifs is 1. The average molecular weight is 415 g/mol. The lowest BCUT2D eigenvalue weighted by Crippen LogP contribution is -2.38. The van der Waals surface area contributed by atoms with Gasteiger partial charge in [-0.15, -0.1) is 0 Å². The first-order valence-corrected chi connectivity index (χ1v) is 10.6. The van der Waals surface area contributed by atoms with E-state index in [4.69, 9.17) is 0 Å². The summed E-state index contributed by atoms with van der Waals surface area (Å²) in [6, 6.07) is 21.6. The number of hydrogen-bond acceptors (Lipinski definition) is 3. The molecule has 4 rings (SSSR count). The van der Waals surface area contributed by atoms with Crippen molar-refractivity contribution in [1.82, 2.24) is 15.2 Å². The number of benzene rings is 2. The SMILES string of the molecule is O=C(NCCCc1ccccc1)c1ccc(NC(=O)N2CCc3ccccc3C2)cn1. The lowest BCUT2D eigenvalue weighted by atomic mass is 10.0. The monoisotopic (exact) mass is 414 g/mol. The fourth-order valence-corrected chi connectivity index (χ4v) is 3.70. The number of aromatic nitrogens is 1. The third-order valence-corrected chi connectivity index (χ3v) is 5.44. The highest BCUT2D eigenvalue weighted by atomic mass is 16.2. The molecule has 2 N–H and O–H groups in total. The van der Waals surface area contributed by atoms with Crippen LogP contribution in [-0.2, 0) is 19.4 Å².